The van der Waals surface area contributed by atoms with Gasteiger partial charge in [0.05, 0.1) is 11.8 Å². The first-order valence-electron chi connectivity index (χ1n) is 5.81. The zero-order valence-electron chi connectivity index (χ0n) is 10.7. The Morgan fingerprint density at radius 3 is 2.80 bits per heavy atom. The molecule has 0 radical (unpaired) electrons. The standard InChI is InChI=1S/C14H12BrNO4/c1-9-6-11(2-3-12(9)15)16-13(17)8-20-14(18)10-4-5-19-7-10/h2-7H,8H2,1H3,(H,16,17). The molecular weight excluding hydrogens is 326 g/mol. The summed E-state index contributed by atoms with van der Waals surface area (Å²) >= 11 is 3.38. The highest BCUT2D eigenvalue weighted by Crippen LogP contribution is 2.19. The molecule has 0 unspecified atom stereocenters. The van der Waals surface area contributed by atoms with Gasteiger partial charge in [-0.1, -0.05) is 15.9 Å². The van der Waals surface area contributed by atoms with E-state index in [1.807, 2.05) is 19.1 Å². The lowest BCUT2D eigenvalue weighted by molar-refractivity contribution is -0.119. The van der Waals surface area contributed by atoms with Gasteiger partial charge in [-0.05, 0) is 36.8 Å². The van der Waals surface area contributed by atoms with E-state index >= 15 is 0 Å². The molecule has 1 heterocycles. The van der Waals surface area contributed by atoms with E-state index in [0.29, 0.717) is 5.69 Å². The Bertz CT molecular complexity index is 622. The first-order chi connectivity index (χ1) is 9.56. The van der Waals surface area contributed by atoms with Gasteiger partial charge in [0, 0.05) is 10.2 Å². The molecule has 6 heteroatoms. The third kappa shape index (κ3) is 3.71. The van der Waals surface area contributed by atoms with Crippen molar-refractivity contribution in [2.45, 2.75) is 6.92 Å². The quantitative estimate of drug-likeness (QED) is 0.870. The zero-order valence-corrected chi connectivity index (χ0v) is 12.3. The predicted octanol–water partition coefficient (Wildman–Crippen LogP) is 3.15. The minimum absolute atomic E-state index is 0.275. The summed E-state index contributed by atoms with van der Waals surface area (Å²) in [6.07, 6.45) is 2.62. The van der Waals surface area contributed by atoms with E-state index in [4.69, 9.17) is 9.15 Å². The summed E-state index contributed by atoms with van der Waals surface area (Å²) in [5.74, 6) is -0.996. The Kier molecular flexibility index (Phi) is 4.57. The van der Waals surface area contributed by atoms with Gasteiger partial charge in [-0.3, -0.25) is 4.79 Å². The maximum Gasteiger partial charge on any atom is 0.341 e. The van der Waals surface area contributed by atoms with E-state index in [-0.39, 0.29) is 12.2 Å². The fourth-order valence-corrected chi connectivity index (χ4v) is 1.76. The maximum absolute atomic E-state index is 11.7. The number of hydrogen-bond acceptors (Lipinski definition) is 4. The molecule has 0 atom stereocenters. The van der Waals surface area contributed by atoms with Crippen LogP contribution < -0.4 is 5.32 Å². The fourth-order valence-electron chi connectivity index (χ4n) is 1.51. The molecule has 0 spiro atoms. The van der Waals surface area contributed by atoms with Gasteiger partial charge in [-0.2, -0.15) is 0 Å². The summed E-state index contributed by atoms with van der Waals surface area (Å²) in [5.41, 5.74) is 1.92. The summed E-state index contributed by atoms with van der Waals surface area (Å²) in [6, 6.07) is 6.88. The Hall–Kier alpha value is -2.08. The molecule has 104 valence electrons. The number of carbonyl (C=O) groups is 2. The smallest absolute Gasteiger partial charge is 0.341 e. The van der Waals surface area contributed by atoms with Gasteiger partial charge in [-0.15, -0.1) is 0 Å². The number of rotatable bonds is 4. The zero-order chi connectivity index (χ0) is 14.5. The molecule has 1 N–H and O–H groups in total. The van der Waals surface area contributed by atoms with E-state index < -0.39 is 11.9 Å². The molecule has 5 nitrogen and oxygen atoms in total. The summed E-state index contributed by atoms with van der Waals surface area (Å²) in [5, 5.41) is 2.65. The van der Waals surface area contributed by atoms with Crippen LogP contribution in [0, 0.1) is 6.92 Å². The number of halogens is 1. The lowest BCUT2D eigenvalue weighted by Gasteiger charge is -2.07. The van der Waals surface area contributed by atoms with Gasteiger partial charge in [0.2, 0.25) is 0 Å². The van der Waals surface area contributed by atoms with Crippen LogP contribution in [0.2, 0.25) is 0 Å². The number of furan rings is 1. The lowest BCUT2D eigenvalue weighted by Crippen LogP contribution is -2.20. The van der Waals surface area contributed by atoms with E-state index in [9.17, 15) is 9.59 Å². The van der Waals surface area contributed by atoms with Crippen LogP contribution in [0.4, 0.5) is 5.69 Å². The average Bonchev–Trinajstić information content (AvgIpc) is 2.94. The summed E-state index contributed by atoms with van der Waals surface area (Å²) < 4.78 is 10.6. The first kappa shape index (κ1) is 14.3. The van der Waals surface area contributed by atoms with Crippen molar-refractivity contribution in [1.82, 2.24) is 0 Å². The second-order valence-electron chi connectivity index (χ2n) is 4.10. The number of ether oxygens (including phenoxy) is 1. The molecule has 0 aliphatic heterocycles. The molecule has 1 aromatic heterocycles. The number of amides is 1. The van der Waals surface area contributed by atoms with Crippen LogP contribution in [-0.2, 0) is 9.53 Å². The van der Waals surface area contributed by atoms with Crippen molar-refractivity contribution in [3.05, 3.63) is 52.4 Å². The van der Waals surface area contributed by atoms with Gasteiger partial charge in [0.25, 0.3) is 5.91 Å². The molecular formula is C14H12BrNO4. The number of hydrogen-bond donors (Lipinski definition) is 1. The van der Waals surface area contributed by atoms with Gasteiger partial charge < -0.3 is 14.5 Å². The molecule has 0 saturated carbocycles. The number of benzene rings is 1. The Morgan fingerprint density at radius 2 is 2.15 bits per heavy atom. The molecule has 0 saturated heterocycles. The highest BCUT2D eigenvalue weighted by Gasteiger charge is 2.11. The lowest BCUT2D eigenvalue weighted by atomic mass is 10.2. The highest BCUT2D eigenvalue weighted by atomic mass is 79.9. The normalized spacial score (nSPS) is 10.1. The molecule has 0 aliphatic rings. The van der Waals surface area contributed by atoms with Crippen LogP contribution in [0.3, 0.4) is 0 Å². The molecule has 2 aromatic rings. The largest absolute Gasteiger partial charge is 0.472 e. The van der Waals surface area contributed by atoms with E-state index in [2.05, 4.69) is 21.2 Å². The van der Waals surface area contributed by atoms with E-state index in [1.54, 1.807) is 6.07 Å². The van der Waals surface area contributed by atoms with E-state index in [0.717, 1.165) is 10.0 Å². The second-order valence-corrected chi connectivity index (χ2v) is 4.95. The molecule has 0 bridgehead atoms. The van der Waals surface area contributed by atoms with Gasteiger partial charge >= 0.3 is 5.97 Å². The third-order valence-corrected chi connectivity index (χ3v) is 3.42. The first-order valence-corrected chi connectivity index (χ1v) is 6.61. The maximum atomic E-state index is 11.7. The minimum Gasteiger partial charge on any atom is -0.472 e. The molecule has 0 fully saturated rings. The van der Waals surface area contributed by atoms with Crippen molar-refractivity contribution in [2.75, 3.05) is 11.9 Å². The summed E-state index contributed by atoms with van der Waals surface area (Å²) in [7, 11) is 0. The topological polar surface area (TPSA) is 68.5 Å². The van der Waals surface area contributed by atoms with Crippen LogP contribution in [0.15, 0.2) is 45.7 Å². The number of carbonyl (C=O) groups excluding carboxylic acids is 2. The fraction of sp³-hybridized carbons (Fsp3) is 0.143. The SMILES string of the molecule is Cc1cc(NC(=O)COC(=O)c2ccoc2)ccc1Br. The number of esters is 1. The predicted molar refractivity (Wildman–Crippen MR) is 76.5 cm³/mol. The van der Waals surface area contributed by atoms with E-state index in [1.165, 1.54) is 18.6 Å². The average molecular weight is 338 g/mol. The van der Waals surface area contributed by atoms with Gasteiger partial charge in [0.1, 0.15) is 6.26 Å². The third-order valence-electron chi connectivity index (χ3n) is 2.53. The number of anilines is 1. The second kappa shape index (κ2) is 6.38. The summed E-state index contributed by atoms with van der Waals surface area (Å²) in [4.78, 5) is 23.2. The van der Waals surface area contributed by atoms with Crippen molar-refractivity contribution >= 4 is 33.5 Å². The molecule has 20 heavy (non-hydrogen) atoms. The van der Waals surface area contributed by atoms with Crippen molar-refractivity contribution in [2.24, 2.45) is 0 Å². The molecule has 0 aliphatic carbocycles. The highest BCUT2D eigenvalue weighted by molar-refractivity contribution is 9.10. The van der Waals surface area contributed by atoms with Crippen LogP contribution in [-0.4, -0.2) is 18.5 Å². The van der Waals surface area contributed by atoms with Gasteiger partial charge in [-0.25, -0.2) is 4.79 Å². The Morgan fingerprint density at radius 1 is 1.35 bits per heavy atom. The minimum atomic E-state index is -0.596. The van der Waals surface area contributed by atoms with Crippen molar-refractivity contribution < 1.29 is 18.7 Å². The van der Waals surface area contributed by atoms with Crippen LogP contribution in [0.1, 0.15) is 15.9 Å². The van der Waals surface area contributed by atoms with Crippen LogP contribution in [0.25, 0.3) is 0 Å². The van der Waals surface area contributed by atoms with Crippen molar-refractivity contribution in [3.8, 4) is 0 Å². The number of aryl methyl sites for hydroxylation is 1. The van der Waals surface area contributed by atoms with Crippen molar-refractivity contribution in [3.63, 3.8) is 0 Å². The summed E-state index contributed by atoms with van der Waals surface area (Å²) in [6.45, 7) is 1.57. The number of nitrogens with one attached hydrogen (secondary N) is 1. The van der Waals surface area contributed by atoms with Gasteiger partial charge in [0.15, 0.2) is 6.61 Å². The van der Waals surface area contributed by atoms with Crippen LogP contribution in [0.5, 0.6) is 0 Å². The molecule has 1 aromatic carbocycles. The monoisotopic (exact) mass is 337 g/mol. The van der Waals surface area contributed by atoms with Crippen LogP contribution >= 0.6 is 15.9 Å². The molecule has 2 rings (SSSR count). The Labute approximate surface area is 124 Å². The Balaban J connectivity index is 1.86. The van der Waals surface area contributed by atoms with Crippen molar-refractivity contribution in [1.29, 1.82) is 0 Å². The molecule has 1 amide bonds.